The average Bonchev–Trinajstić information content (AvgIpc) is 2.34. The summed E-state index contributed by atoms with van der Waals surface area (Å²) in [5.41, 5.74) is 0. The quantitative estimate of drug-likeness (QED) is 0.630. The molecule has 0 bridgehead atoms. The second-order valence-electron chi connectivity index (χ2n) is 2.18. The van der Waals surface area contributed by atoms with E-state index in [2.05, 4.69) is 4.99 Å². The van der Waals surface area contributed by atoms with Crippen LogP contribution in [0.1, 0.15) is 12.8 Å². The van der Waals surface area contributed by atoms with Crippen molar-refractivity contribution in [3.8, 4) is 0 Å². The van der Waals surface area contributed by atoms with Gasteiger partial charge in [0, 0.05) is 12.6 Å². The molecule has 0 aromatic heterocycles. The first-order valence-corrected chi connectivity index (χ1v) is 3.21. The number of carboxylic acid groups (broad SMARTS) is 1. The molecule has 0 saturated heterocycles. The first kappa shape index (κ1) is 6.99. The van der Waals surface area contributed by atoms with Gasteiger partial charge in [-0.15, -0.1) is 0 Å². The molecule has 0 fully saturated rings. The van der Waals surface area contributed by atoms with Gasteiger partial charge in [-0.1, -0.05) is 6.08 Å². The largest absolute Gasteiger partial charge is 0.481 e. The molecule has 0 aliphatic carbocycles. The summed E-state index contributed by atoms with van der Waals surface area (Å²) >= 11 is 0. The molecule has 0 aromatic rings. The molecule has 0 amide bonds. The summed E-state index contributed by atoms with van der Waals surface area (Å²) in [7, 11) is 0. The van der Waals surface area contributed by atoms with Crippen LogP contribution in [-0.2, 0) is 4.79 Å². The second kappa shape index (κ2) is 3.15. The minimum absolute atomic E-state index is 0.107. The Balaban J connectivity index is 2.20. The molecule has 1 unspecified atom stereocenters. The van der Waals surface area contributed by atoms with Crippen LogP contribution in [0.5, 0.6) is 0 Å². The van der Waals surface area contributed by atoms with Crippen LogP contribution in [0.2, 0.25) is 0 Å². The average molecular weight is 139 g/mol. The Labute approximate surface area is 59.1 Å². The Morgan fingerprint density at radius 3 is 3.00 bits per heavy atom. The maximum Gasteiger partial charge on any atom is 0.303 e. The lowest BCUT2D eigenvalue weighted by molar-refractivity contribution is -0.137. The van der Waals surface area contributed by atoms with E-state index in [1.54, 1.807) is 6.21 Å². The fourth-order valence-electron chi connectivity index (χ4n) is 0.830. The monoisotopic (exact) mass is 139 g/mol. The third kappa shape index (κ3) is 2.01. The predicted molar refractivity (Wildman–Crippen MR) is 38.3 cm³/mol. The van der Waals surface area contributed by atoms with Gasteiger partial charge in [-0.05, 0) is 12.5 Å². The van der Waals surface area contributed by atoms with Gasteiger partial charge in [-0.2, -0.15) is 0 Å². The molecular weight excluding hydrogens is 130 g/mol. The van der Waals surface area contributed by atoms with Crippen LogP contribution >= 0.6 is 0 Å². The number of rotatable bonds is 3. The Hall–Kier alpha value is -1.12. The molecule has 0 radical (unpaired) electrons. The lowest BCUT2D eigenvalue weighted by Crippen LogP contribution is -2.02. The van der Waals surface area contributed by atoms with E-state index < -0.39 is 5.97 Å². The highest BCUT2D eigenvalue weighted by Crippen LogP contribution is 2.06. The van der Waals surface area contributed by atoms with Crippen molar-refractivity contribution >= 4 is 12.2 Å². The van der Waals surface area contributed by atoms with E-state index in [0.717, 1.165) is 0 Å². The van der Waals surface area contributed by atoms with Crippen molar-refractivity contribution in [1.82, 2.24) is 0 Å². The number of aliphatic carboxylic acids is 1. The third-order valence-electron chi connectivity index (χ3n) is 1.35. The number of allylic oxidation sites excluding steroid dienone is 1. The lowest BCUT2D eigenvalue weighted by Gasteiger charge is -1.99. The first-order chi connectivity index (χ1) is 4.79. The summed E-state index contributed by atoms with van der Waals surface area (Å²) in [5.74, 6) is -0.754. The number of nitrogens with zero attached hydrogens (tertiary/aromatic N) is 1. The van der Waals surface area contributed by atoms with Crippen molar-refractivity contribution in [1.29, 1.82) is 0 Å². The fourth-order valence-corrected chi connectivity index (χ4v) is 0.830. The molecule has 3 heteroatoms. The third-order valence-corrected chi connectivity index (χ3v) is 1.35. The summed E-state index contributed by atoms with van der Waals surface area (Å²) in [4.78, 5) is 14.1. The molecular formula is C7H9NO2. The number of carbonyl (C=O) groups is 1. The fraction of sp³-hybridized carbons (Fsp3) is 0.429. The molecule has 3 nitrogen and oxygen atoms in total. The maximum absolute atomic E-state index is 10.1. The van der Waals surface area contributed by atoms with E-state index in [-0.39, 0.29) is 12.5 Å². The van der Waals surface area contributed by atoms with Crippen molar-refractivity contribution in [2.24, 2.45) is 4.99 Å². The van der Waals surface area contributed by atoms with Gasteiger partial charge < -0.3 is 5.11 Å². The molecule has 0 saturated carbocycles. The minimum atomic E-state index is -0.754. The Morgan fingerprint density at radius 2 is 2.50 bits per heavy atom. The number of hydrogen-bond acceptors (Lipinski definition) is 2. The molecule has 0 aromatic carbocycles. The maximum atomic E-state index is 10.1. The zero-order valence-electron chi connectivity index (χ0n) is 5.53. The van der Waals surface area contributed by atoms with Crippen LogP contribution in [0.15, 0.2) is 17.1 Å². The van der Waals surface area contributed by atoms with Gasteiger partial charge in [0.1, 0.15) is 0 Å². The predicted octanol–water partition coefficient (Wildman–Crippen LogP) is 0.860. The Bertz CT molecular complexity index is 172. The molecule has 1 N–H and O–H groups in total. The topological polar surface area (TPSA) is 49.7 Å². The zero-order chi connectivity index (χ0) is 7.40. The van der Waals surface area contributed by atoms with E-state index in [0.29, 0.717) is 6.42 Å². The smallest absolute Gasteiger partial charge is 0.303 e. The van der Waals surface area contributed by atoms with Gasteiger partial charge in [0.05, 0.1) is 6.04 Å². The zero-order valence-corrected chi connectivity index (χ0v) is 5.53. The van der Waals surface area contributed by atoms with Gasteiger partial charge in [0.15, 0.2) is 0 Å². The van der Waals surface area contributed by atoms with Gasteiger partial charge in [-0.3, -0.25) is 9.79 Å². The highest BCUT2D eigenvalue weighted by Gasteiger charge is 2.06. The van der Waals surface area contributed by atoms with Crippen LogP contribution in [0, 0.1) is 0 Å². The number of aliphatic imine (C=N–C) groups is 1. The van der Waals surface area contributed by atoms with Gasteiger partial charge in [0.25, 0.3) is 0 Å². The molecule has 10 heavy (non-hydrogen) atoms. The van der Waals surface area contributed by atoms with Crippen molar-refractivity contribution in [2.45, 2.75) is 18.9 Å². The van der Waals surface area contributed by atoms with E-state index >= 15 is 0 Å². The second-order valence-corrected chi connectivity index (χ2v) is 2.18. The Morgan fingerprint density at radius 1 is 1.70 bits per heavy atom. The molecule has 0 spiro atoms. The molecule has 1 atom stereocenters. The van der Waals surface area contributed by atoms with Crippen molar-refractivity contribution in [2.75, 3.05) is 0 Å². The van der Waals surface area contributed by atoms with Crippen LogP contribution in [0.3, 0.4) is 0 Å². The van der Waals surface area contributed by atoms with E-state index in [9.17, 15) is 4.79 Å². The molecule has 1 rings (SSSR count). The summed E-state index contributed by atoms with van der Waals surface area (Å²) < 4.78 is 0. The summed E-state index contributed by atoms with van der Waals surface area (Å²) in [6.45, 7) is 0. The highest BCUT2D eigenvalue weighted by atomic mass is 16.4. The van der Waals surface area contributed by atoms with Crippen molar-refractivity contribution < 1.29 is 9.90 Å². The standard InChI is InChI=1S/C7H9NO2/c9-7(10)4-3-6-2-1-5-8-6/h1-2,5-6H,3-4H2,(H,9,10). The van der Waals surface area contributed by atoms with Crippen LogP contribution < -0.4 is 0 Å². The van der Waals surface area contributed by atoms with E-state index in [1.165, 1.54) is 0 Å². The molecule has 1 heterocycles. The molecule has 1 aliphatic rings. The summed E-state index contributed by atoms with van der Waals surface area (Å²) in [6, 6.07) is 0.107. The lowest BCUT2D eigenvalue weighted by atomic mass is 10.2. The highest BCUT2D eigenvalue weighted by molar-refractivity contribution is 5.74. The molecule has 54 valence electrons. The van der Waals surface area contributed by atoms with Crippen LogP contribution in [0.25, 0.3) is 0 Å². The van der Waals surface area contributed by atoms with Crippen molar-refractivity contribution in [3.05, 3.63) is 12.2 Å². The van der Waals surface area contributed by atoms with Gasteiger partial charge in [0.2, 0.25) is 0 Å². The van der Waals surface area contributed by atoms with E-state index in [1.807, 2.05) is 12.2 Å². The normalized spacial score (nSPS) is 21.8. The van der Waals surface area contributed by atoms with Crippen LogP contribution in [-0.4, -0.2) is 23.3 Å². The Kier molecular flexibility index (Phi) is 2.20. The number of hydrogen-bond donors (Lipinski definition) is 1. The van der Waals surface area contributed by atoms with E-state index in [4.69, 9.17) is 5.11 Å². The van der Waals surface area contributed by atoms with Crippen LogP contribution in [0.4, 0.5) is 0 Å². The van der Waals surface area contributed by atoms with Gasteiger partial charge in [-0.25, -0.2) is 0 Å². The number of carboxylic acids is 1. The molecule has 1 aliphatic heterocycles. The van der Waals surface area contributed by atoms with Crippen molar-refractivity contribution in [3.63, 3.8) is 0 Å². The van der Waals surface area contributed by atoms with Gasteiger partial charge >= 0.3 is 5.97 Å². The SMILES string of the molecule is O=C(O)CCC1C=CC=N1. The summed E-state index contributed by atoms with van der Waals surface area (Å²) in [5, 5.41) is 8.30. The summed E-state index contributed by atoms with van der Waals surface area (Å²) in [6.07, 6.45) is 6.26. The minimum Gasteiger partial charge on any atom is -0.481 e. The first-order valence-electron chi connectivity index (χ1n) is 3.21.